The maximum Gasteiger partial charge on any atom is 0.129 e. The van der Waals surface area contributed by atoms with Gasteiger partial charge in [0.1, 0.15) is 5.82 Å². The number of halogens is 2. The Balaban J connectivity index is 1.55. The zero-order valence-corrected chi connectivity index (χ0v) is 14.4. The average molecular weight is 355 g/mol. The van der Waals surface area contributed by atoms with E-state index in [0.717, 1.165) is 34.6 Å². The maximum atomic E-state index is 14.0. The molecule has 0 amide bonds. The van der Waals surface area contributed by atoms with Crippen molar-refractivity contribution in [3.8, 4) is 0 Å². The van der Waals surface area contributed by atoms with Crippen LogP contribution in [0.25, 0.3) is 0 Å². The zero-order chi connectivity index (χ0) is 15.0. The molecule has 2 heterocycles. The van der Waals surface area contributed by atoms with Crippen molar-refractivity contribution in [2.45, 2.75) is 50.7 Å². The molecule has 21 heavy (non-hydrogen) atoms. The van der Waals surface area contributed by atoms with E-state index in [1.165, 1.54) is 25.7 Å². The summed E-state index contributed by atoms with van der Waals surface area (Å²) in [7, 11) is 2.27. The Morgan fingerprint density at radius 3 is 2.62 bits per heavy atom. The second-order valence-corrected chi connectivity index (χ2v) is 7.60. The molecule has 2 fully saturated rings. The van der Waals surface area contributed by atoms with Crippen molar-refractivity contribution in [3.05, 3.63) is 34.1 Å². The van der Waals surface area contributed by atoms with E-state index in [1.54, 1.807) is 6.07 Å². The molecule has 1 aromatic rings. The van der Waals surface area contributed by atoms with Crippen molar-refractivity contribution in [2.24, 2.45) is 5.92 Å². The molecule has 2 aliphatic rings. The van der Waals surface area contributed by atoms with Gasteiger partial charge in [0.05, 0.1) is 0 Å². The molecule has 0 saturated carbocycles. The molecule has 2 aliphatic heterocycles. The standard InChI is InChI=1S/C17H24BrFN2/c1-11(16-6-3-13(18)9-17(16)19)20-10-12-7-14-4-5-15(8-12)21(14)2/h3,6,9,11-12,14-15,20H,4-5,7-8,10H2,1-2H3. The lowest BCUT2D eigenvalue weighted by Crippen LogP contribution is -2.42. The summed E-state index contributed by atoms with van der Waals surface area (Å²) in [6.45, 7) is 3.05. The van der Waals surface area contributed by atoms with Gasteiger partial charge in [0.2, 0.25) is 0 Å². The number of nitrogens with one attached hydrogen (secondary N) is 1. The van der Waals surface area contributed by atoms with Crippen LogP contribution in [0.5, 0.6) is 0 Å². The van der Waals surface area contributed by atoms with E-state index >= 15 is 0 Å². The van der Waals surface area contributed by atoms with E-state index in [4.69, 9.17) is 0 Å². The van der Waals surface area contributed by atoms with E-state index < -0.39 is 0 Å². The number of rotatable bonds is 4. The fourth-order valence-electron chi connectivity index (χ4n) is 4.00. The fourth-order valence-corrected chi connectivity index (χ4v) is 4.33. The summed E-state index contributed by atoms with van der Waals surface area (Å²) >= 11 is 3.31. The minimum atomic E-state index is -0.132. The number of benzene rings is 1. The monoisotopic (exact) mass is 354 g/mol. The third-order valence-corrected chi connectivity index (χ3v) is 5.83. The molecule has 0 radical (unpaired) electrons. The molecule has 2 bridgehead atoms. The van der Waals surface area contributed by atoms with Crippen LogP contribution < -0.4 is 5.32 Å². The molecular weight excluding hydrogens is 331 g/mol. The normalized spacial score (nSPS) is 30.6. The lowest BCUT2D eigenvalue weighted by molar-refractivity contribution is 0.131. The molecule has 0 aromatic heterocycles. The quantitative estimate of drug-likeness (QED) is 0.874. The summed E-state index contributed by atoms with van der Waals surface area (Å²) in [6.07, 6.45) is 5.29. The highest BCUT2D eigenvalue weighted by atomic mass is 79.9. The Labute approximate surface area is 135 Å². The van der Waals surface area contributed by atoms with Crippen LogP contribution in [0.15, 0.2) is 22.7 Å². The van der Waals surface area contributed by atoms with Gasteiger partial charge in [-0.3, -0.25) is 0 Å². The van der Waals surface area contributed by atoms with Crippen molar-refractivity contribution in [2.75, 3.05) is 13.6 Å². The van der Waals surface area contributed by atoms with Crippen molar-refractivity contribution >= 4 is 15.9 Å². The number of fused-ring (bicyclic) bond motifs is 2. The van der Waals surface area contributed by atoms with Gasteiger partial charge in [0, 0.05) is 28.2 Å². The first kappa shape index (κ1) is 15.4. The van der Waals surface area contributed by atoms with Crippen LogP contribution in [-0.4, -0.2) is 30.6 Å². The van der Waals surface area contributed by atoms with Gasteiger partial charge in [-0.2, -0.15) is 0 Å². The SMILES string of the molecule is CC(NCC1CC2CCC(C1)N2C)c1ccc(Br)cc1F. The summed E-state index contributed by atoms with van der Waals surface area (Å²) in [4.78, 5) is 2.56. The molecule has 2 saturated heterocycles. The first-order chi connectivity index (χ1) is 10.0. The first-order valence-electron chi connectivity index (χ1n) is 7.95. The van der Waals surface area contributed by atoms with Gasteiger partial charge in [-0.05, 0) is 64.3 Å². The lowest BCUT2D eigenvalue weighted by Gasteiger charge is -2.36. The highest BCUT2D eigenvalue weighted by molar-refractivity contribution is 9.10. The Kier molecular flexibility index (Phi) is 4.67. The maximum absolute atomic E-state index is 14.0. The number of hydrogen-bond acceptors (Lipinski definition) is 2. The highest BCUT2D eigenvalue weighted by Gasteiger charge is 2.38. The van der Waals surface area contributed by atoms with E-state index in [-0.39, 0.29) is 11.9 Å². The van der Waals surface area contributed by atoms with E-state index in [1.807, 2.05) is 12.1 Å². The summed E-state index contributed by atoms with van der Waals surface area (Å²) in [6, 6.07) is 6.94. The lowest BCUT2D eigenvalue weighted by atomic mass is 9.90. The number of piperidine rings is 1. The van der Waals surface area contributed by atoms with Crippen molar-refractivity contribution in [1.82, 2.24) is 10.2 Å². The van der Waals surface area contributed by atoms with Gasteiger partial charge in [-0.1, -0.05) is 22.0 Å². The molecule has 1 aromatic carbocycles. The first-order valence-corrected chi connectivity index (χ1v) is 8.74. The topological polar surface area (TPSA) is 15.3 Å². The Hall–Kier alpha value is -0.450. The molecule has 116 valence electrons. The van der Waals surface area contributed by atoms with Crippen LogP contribution in [0, 0.1) is 11.7 Å². The Morgan fingerprint density at radius 1 is 1.33 bits per heavy atom. The van der Waals surface area contributed by atoms with E-state index in [2.05, 4.69) is 40.1 Å². The van der Waals surface area contributed by atoms with Gasteiger partial charge in [-0.15, -0.1) is 0 Å². The van der Waals surface area contributed by atoms with Gasteiger partial charge < -0.3 is 10.2 Å². The summed E-state index contributed by atoms with van der Waals surface area (Å²) in [5.41, 5.74) is 0.758. The zero-order valence-electron chi connectivity index (χ0n) is 12.8. The molecular formula is C17H24BrFN2. The highest BCUT2D eigenvalue weighted by Crippen LogP contribution is 2.37. The third kappa shape index (κ3) is 3.33. The Morgan fingerprint density at radius 2 is 2.00 bits per heavy atom. The molecule has 3 atom stereocenters. The van der Waals surface area contributed by atoms with Gasteiger partial charge in [0.15, 0.2) is 0 Å². The minimum absolute atomic E-state index is 0.0652. The van der Waals surface area contributed by atoms with Crippen LogP contribution in [0.4, 0.5) is 4.39 Å². The van der Waals surface area contributed by atoms with Crippen LogP contribution >= 0.6 is 15.9 Å². The smallest absolute Gasteiger partial charge is 0.129 e. The number of hydrogen-bond donors (Lipinski definition) is 1. The van der Waals surface area contributed by atoms with Crippen molar-refractivity contribution in [3.63, 3.8) is 0 Å². The third-order valence-electron chi connectivity index (χ3n) is 5.34. The van der Waals surface area contributed by atoms with Crippen LogP contribution in [0.2, 0.25) is 0 Å². The molecule has 0 spiro atoms. The van der Waals surface area contributed by atoms with Crippen LogP contribution in [0.1, 0.15) is 44.2 Å². The van der Waals surface area contributed by atoms with Gasteiger partial charge in [0.25, 0.3) is 0 Å². The molecule has 4 heteroatoms. The minimum Gasteiger partial charge on any atom is -0.310 e. The molecule has 1 N–H and O–H groups in total. The molecule has 3 unspecified atom stereocenters. The second kappa shape index (κ2) is 6.35. The Bertz CT molecular complexity index is 494. The van der Waals surface area contributed by atoms with Crippen molar-refractivity contribution < 1.29 is 4.39 Å². The predicted molar refractivity (Wildman–Crippen MR) is 87.8 cm³/mol. The summed E-state index contributed by atoms with van der Waals surface area (Å²) < 4.78 is 14.8. The fraction of sp³-hybridized carbons (Fsp3) is 0.647. The summed E-state index contributed by atoms with van der Waals surface area (Å²) in [5, 5.41) is 3.54. The molecule has 3 rings (SSSR count). The van der Waals surface area contributed by atoms with E-state index in [9.17, 15) is 4.39 Å². The molecule has 0 aliphatic carbocycles. The predicted octanol–water partition coefficient (Wildman–Crippen LogP) is 4.11. The number of nitrogens with zero attached hydrogens (tertiary/aromatic N) is 1. The van der Waals surface area contributed by atoms with Gasteiger partial charge in [-0.25, -0.2) is 4.39 Å². The van der Waals surface area contributed by atoms with Gasteiger partial charge >= 0.3 is 0 Å². The largest absolute Gasteiger partial charge is 0.310 e. The van der Waals surface area contributed by atoms with Crippen LogP contribution in [0.3, 0.4) is 0 Å². The average Bonchev–Trinajstić information content (AvgIpc) is 2.67. The van der Waals surface area contributed by atoms with Crippen LogP contribution in [-0.2, 0) is 0 Å². The second-order valence-electron chi connectivity index (χ2n) is 6.68. The summed E-state index contributed by atoms with van der Waals surface area (Å²) in [5.74, 6) is 0.604. The molecule has 2 nitrogen and oxygen atoms in total. The van der Waals surface area contributed by atoms with E-state index in [0.29, 0.717) is 0 Å². The van der Waals surface area contributed by atoms with Crippen molar-refractivity contribution in [1.29, 1.82) is 0 Å².